The molecule has 2 nitrogen and oxygen atoms in total. The molecule has 0 N–H and O–H groups in total. The zero-order valence-corrected chi connectivity index (χ0v) is 26.4. The molecule has 0 atom stereocenters. The normalized spacial score (nSPS) is 11.3. The third kappa shape index (κ3) is 4.74. The van der Waals surface area contributed by atoms with Crippen molar-refractivity contribution in [2.24, 2.45) is 0 Å². The maximum Gasteiger partial charge on any atom is 0.0782 e. The van der Waals surface area contributed by atoms with Crippen LogP contribution in [0.1, 0.15) is 0 Å². The van der Waals surface area contributed by atoms with Crippen molar-refractivity contribution in [2.45, 2.75) is 0 Å². The molecule has 2 heteroatoms. The number of fused-ring (bicyclic) bond motifs is 5. The molecule has 1 aromatic heterocycles. The molecule has 0 radical (unpaired) electrons. The summed E-state index contributed by atoms with van der Waals surface area (Å²) < 4.78 is 2.46. The summed E-state index contributed by atoms with van der Waals surface area (Å²) in [5.41, 5.74) is 11.7. The van der Waals surface area contributed by atoms with Crippen LogP contribution in [0.5, 0.6) is 0 Å². The lowest BCUT2D eigenvalue weighted by atomic mass is 10.0. The monoisotopic (exact) mass is 612 g/mol. The van der Waals surface area contributed by atoms with Crippen LogP contribution in [0.2, 0.25) is 0 Å². The van der Waals surface area contributed by atoms with Crippen molar-refractivity contribution in [3.63, 3.8) is 0 Å². The van der Waals surface area contributed by atoms with Crippen LogP contribution in [0.15, 0.2) is 194 Å². The Morgan fingerprint density at radius 2 is 0.792 bits per heavy atom. The molecule has 48 heavy (non-hydrogen) atoms. The second kappa shape index (κ2) is 11.8. The standard InChI is InChI=1S/C46H32N2/c1-4-13-33(14-5-1)35-23-28-39(29-24-35)47(40-30-25-36(26-31-40)34-15-6-2-7-16-34)44-22-12-21-42-43-32-27-37-17-10-11-20-41(37)45(43)48(46(42)44)38-18-8-3-9-19-38/h1-32H. The van der Waals surface area contributed by atoms with Crippen LogP contribution < -0.4 is 4.90 Å². The van der Waals surface area contributed by atoms with Gasteiger partial charge in [-0.05, 0) is 70.1 Å². The molecule has 0 saturated carbocycles. The molecular weight excluding hydrogens is 581 g/mol. The summed E-state index contributed by atoms with van der Waals surface area (Å²) in [6, 6.07) is 69.8. The highest BCUT2D eigenvalue weighted by Crippen LogP contribution is 2.45. The lowest BCUT2D eigenvalue weighted by Crippen LogP contribution is -2.11. The number of anilines is 3. The van der Waals surface area contributed by atoms with Crippen LogP contribution in [0.4, 0.5) is 17.1 Å². The Kier molecular flexibility index (Phi) is 6.84. The lowest BCUT2D eigenvalue weighted by molar-refractivity contribution is 1.17. The van der Waals surface area contributed by atoms with Crippen molar-refractivity contribution >= 4 is 49.6 Å². The molecule has 0 amide bonds. The fraction of sp³-hybridized carbons (Fsp3) is 0. The molecule has 0 aliphatic carbocycles. The van der Waals surface area contributed by atoms with E-state index in [4.69, 9.17) is 0 Å². The molecule has 0 unspecified atom stereocenters. The molecule has 0 bridgehead atoms. The SMILES string of the molecule is c1ccc(-c2ccc(N(c3ccc(-c4ccccc4)cc3)c3cccc4c5ccc6ccccc6c5n(-c5ccccc5)c34)cc2)cc1. The second-order valence-corrected chi connectivity index (χ2v) is 12.2. The maximum atomic E-state index is 2.46. The Hall–Kier alpha value is -6.38. The average Bonchev–Trinajstić information content (AvgIpc) is 3.52. The van der Waals surface area contributed by atoms with E-state index in [1.54, 1.807) is 0 Å². The molecule has 1 heterocycles. The van der Waals surface area contributed by atoms with E-state index < -0.39 is 0 Å². The highest BCUT2D eigenvalue weighted by Gasteiger charge is 2.22. The first-order chi connectivity index (χ1) is 23.8. The van der Waals surface area contributed by atoms with Crippen molar-refractivity contribution in [1.29, 1.82) is 0 Å². The van der Waals surface area contributed by atoms with Crippen LogP contribution in [0.3, 0.4) is 0 Å². The Labute approximate surface area is 280 Å². The second-order valence-electron chi connectivity index (χ2n) is 12.2. The zero-order valence-electron chi connectivity index (χ0n) is 26.4. The highest BCUT2D eigenvalue weighted by molar-refractivity contribution is 6.21. The zero-order chi connectivity index (χ0) is 31.9. The van der Waals surface area contributed by atoms with E-state index in [9.17, 15) is 0 Å². The first kappa shape index (κ1) is 27.9. The molecule has 0 aliphatic rings. The summed E-state index contributed by atoms with van der Waals surface area (Å²) in [4.78, 5) is 2.41. The summed E-state index contributed by atoms with van der Waals surface area (Å²) in [5, 5.41) is 4.94. The van der Waals surface area contributed by atoms with Crippen molar-refractivity contribution < 1.29 is 0 Å². The third-order valence-electron chi connectivity index (χ3n) is 9.37. The van der Waals surface area contributed by atoms with Gasteiger partial charge < -0.3 is 9.47 Å². The Balaban J connectivity index is 1.32. The van der Waals surface area contributed by atoms with Crippen molar-refractivity contribution in [3.8, 4) is 27.9 Å². The fourth-order valence-electron chi connectivity index (χ4n) is 7.12. The van der Waals surface area contributed by atoms with Crippen molar-refractivity contribution in [1.82, 2.24) is 4.57 Å². The fourth-order valence-corrected chi connectivity index (χ4v) is 7.12. The van der Waals surface area contributed by atoms with Gasteiger partial charge in [-0.2, -0.15) is 0 Å². The Morgan fingerprint density at radius 1 is 0.312 bits per heavy atom. The summed E-state index contributed by atoms with van der Waals surface area (Å²) in [7, 11) is 0. The van der Waals surface area contributed by atoms with Gasteiger partial charge in [0, 0.05) is 33.2 Å². The van der Waals surface area contributed by atoms with Crippen LogP contribution in [0.25, 0.3) is 60.5 Å². The molecule has 8 aromatic carbocycles. The smallest absolute Gasteiger partial charge is 0.0782 e. The molecule has 0 fully saturated rings. The lowest BCUT2D eigenvalue weighted by Gasteiger charge is -2.27. The third-order valence-corrected chi connectivity index (χ3v) is 9.37. The number of benzene rings is 8. The van der Waals surface area contributed by atoms with Gasteiger partial charge in [0.05, 0.1) is 16.7 Å². The summed E-state index contributed by atoms with van der Waals surface area (Å²) >= 11 is 0. The topological polar surface area (TPSA) is 8.17 Å². The van der Waals surface area contributed by atoms with E-state index in [-0.39, 0.29) is 0 Å². The predicted octanol–water partition coefficient (Wildman–Crippen LogP) is 12.7. The van der Waals surface area contributed by atoms with E-state index in [1.807, 2.05) is 0 Å². The van der Waals surface area contributed by atoms with Gasteiger partial charge in [-0.15, -0.1) is 0 Å². The van der Waals surface area contributed by atoms with Crippen LogP contribution >= 0.6 is 0 Å². The molecule has 9 rings (SSSR count). The van der Waals surface area contributed by atoms with Gasteiger partial charge in [-0.25, -0.2) is 0 Å². The van der Waals surface area contributed by atoms with Crippen molar-refractivity contribution in [2.75, 3.05) is 4.90 Å². The van der Waals surface area contributed by atoms with E-state index in [0.29, 0.717) is 0 Å². The summed E-state index contributed by atoms with van der Waals surface area (Å²) in [6.07, 6.45) is 0. The van der Waals surface area contributed by atoms with Gasteiger partial charge in [0.15, 0.2) is 0 Å². The van der Waals surface area contributed by atoms with Gasteiger partial charge in [0.2, 0.25) is 0 Å². The van der Waals surface area contributed by atoms with Gasteiger partial charge >= 0.3 is 0 Å². The minimum Gasteiger partial charge on any atom is -0.308 e. The van der Waals surface area contributed by atoms with E-state index >= 15 is 0 Å². The van der Waals surface area contributed by atoms with Gasteiger partial charge in [-0.1, -0.05) is 152 Å². The van der Waals surface area contributed by atoms with Gasteiger partial charge in [-0.3, -0.25) is 0 Å². The first-order valence-corrected chi connectivity index (χ1v) is 16.4. The first-order valence-electron chi connectivity index (χ1n) is 16.4. The maximum absolute atomic E-state index is 2.46. The number of rotatable bonds is 6. The Bertz CT molecular complexity index is 2430. The van der Waals surface area contributed by atoms with Crippen LogP contribution in [0, 0.1) is 0 Å². The molecule has 0 aliphatic heterocycles. The number of hydrogen-bond acceptors (Lipinski definition) is 1. The van der Waals surface area contributed by atoms with Crippen molar-refractivity contribution in [3.05, 3.63) is 194 Å². The molecule has 0 saturated heterocycles. The highest BCUT2D eigenvalue weighted by atomic mass is 15.2. The number of nitrogens with zero attached hydrogens (tertiary/aromatic N) is 2. The average molecular weight is 613 g/mol. The van der Waals surface area contributed by atoms with E-state index in [2.05, 4.69) is 204 Å². The van der Waals surface area contributed by atoms with Gasteiger partial charge in [0.1, 0.15) is 0 Å². The van der Waals surface area contributed by atoms with Gasteiger partial charge in [0.25, 0.3) is 0 Å². The summed E-state index contributed by atoms with van der Waals surface area (Å²) in [6.45, 7) is 0. The van der Waals surface area contributed by atoms with E-state index in [1.165, 1.54) is 54.8 Å². The largest absolute Gasteiger partial charge is 0.308 e. The minimum absolute atomic E-state index is 1.10. The van der Waals surface area contributed by atoms with Crippen LogP contribution in [-0.4, -0.2) is 4.57 Å². The predicted molar refractivity (Wildman–Crippen MR) is 204 cm³/mol. The molecule has 9 aromatic rings. The Morgan fingerprint density at radius 3 is 1.40 bits per heavy atom. The molecule has 226 valence electrons. The quantitative estimate of drug-likeness (QED) is 0.181. The number of aromatic nitrogens is 1. The minimum atomic E-state index is 1.10. The molecule has 0 spiro atoms. The van der Waals surface area contributed by atoms with Crippen LogP contribution in [-0.2, 0) is 0 Å². The molecular formula is C46H32N2. The number of para-hydroxylation sites is 2. The summed E-state index contributed by atoms with van der Waals surface area (Å²) in [5.74, 6) is 0. The number of hydrogen-bond donors (Lipinski definition) is 0. The van der Waals surface area contributed by atoms with E-state index in [0.717, 1.165) is 22.7 Å².